The molecule has 0 aliphatic carbocycles. The third-order valence-corrected chi connectivity index (χ3v) is 5.78. The zero-order valence-corrected chi connectivity index (χ0v) is 16.7. The molecular weight excluding hydrogens is 384 g/mol. The molecule has 1 aromatic carbocycles. The molecule has 2 aliphatic heterocycles. The highest BCUT2D eigenvalue weighted by molar-refractivity contribution is 6.01. The lowest BCUT2D eigenvalue weighted by molar-refractivity contribution is -0.137. The van der Waals surface area contributed by atoms with Crippen molar-refractivity contribution in [3.63, 3.8) is 0 Å². The van der Waals surface area contributed by atoms with Gasteiger partial charge in [0.15, 0.2) is 5.78 Å². The molecule has 2 amide bonds. The minimum atomic E-state index is -0.759. The van der Waals surface area contributed by atoms with Crippen molar-refractivity contribution in [2.45, 2.75) is 31.0 Å². The number of carbonyl (C=O) groups excluding carboxylic acids is 3. The number of ketones is 1. The number of nitrogens with two attached hydrogens (primary N) is 1. The molecule has 2 saturated heterocycles. The van der Waals surface area contributed by atoms with Crippen LogP contribution in [0.5, 0.6) is 5.75 Å². The van der Waals surface area contributed by atoms with Crippen molar-refractivity contribution in [2.75, 3.05) is 20.2 Å². The summed E-state index contributed by atoms with van der Waals surface area (Å²) >= 11 is 0. The van der Waals surface area contributed by atoms with E-state index >= 15 is 0 Å². The number of aromatic nitrogens is 1. The summed E-state index contributed by atoms with van der Waals surface area (Å²) in [5.41, 5.74) is 7.40. The Bertz CT molecular complexity index is 947. The molecule has 0 saturated carbocycles. The third-order valence-electron chi connectivity index (χ3n) is 5.78. The monoisotopic (exact) mass is 408 g/mol. The van der Waals surface area contributed by atoms with Crippen LogP contribution < -0.4 is 10.5 Å². The molecule has 1 aromatic heterocycles. The van der Waals surface area contributed by atoms with Crippen molar-refractivity contribution in [2.24, 2.45) is 5.73 Å². The zero-order valence-electron chi connectivity index (χ0n) is 16.7. The van der Waals surface area contributed by atoms with Gasteiger partial charge in [-0.05, 0) is 42.7 Å². The Morgan fingerprint density at radius 3 is 2.63 bits per heavy atom. The number of likely N-dealkylation sites (tertiary alicyclic amines) is 2. The molecule has 0 spiro atoms. The molecule has 0 radical (unpaired) electrons. The van der Waals surface area contributed by atoms with Gasteiger partial charge in [0.25, 0.3) is 5.91 Å². The second kappa shape index (κ2) is 8.23. The summed E-state index contributed by atoms with van der Waals surface area (Å²) in [5.74, 6) is 0.0501. The number of nitrogens with zero attached hydrogens (tertiary/aromatic N) is 3. The van der Waals surface area contributed by atoms with Gasteiger partial charge in [-0.2, -0.15) is 0 Å². The number of hydrogen-bond acceptors (Lipinski definition) is 6. The van der Waals surface area contributed by atoms with Gasteiger partial charge in [0.2, 0.25) is 5.91 Å². The number of rotatable bonds is 5. The molecule has 30 heavy (non-hydrogen) atoms. The number of pyridine rings is 1. The second-order valence-corrected chi connectivity index (χ2v) is 7.61. The van der Waals surface area contributed by atoms with E-state index in [2.05, 4.69) is 4.98 Å². The molecule has 3 heterocycles. The minimum absolute atomic E-state index is 0.0117. The van der Waals surface area contributed by atoms with Crippen LogP contribution in [0.1, 0.15) is 22.5 Å². The highest BCUT2D eigenvalue weighted by Gasteiger charge is 2.52. The summed E-state index contributed by atoms with van der Waals surface area (Å²) < 4.78 is 5.14. The Balaban J connectivity index is 1.45. The van der Waals surface area contributed by atoms with Crippen molar-refractivity contribution >= 4 is 17.6 Å². The first-order valence-corrected chi connectivity index (χ1v) is 9.93. The molecule has 3 unspecified atom stereocenters. The topological polar surface area (TPSA) is 106 Å². The van der Waals surface area contributed by atoms with Crippen LogP contribution in [0.15, 0.2) is 48.7 Å². The van der Waals surface area contributed by atoms with Crippen molar-refractivity contribution in [3.05, 3.63) is 59.9 Å². The minimum Gasteiger partial charge on any atom is -0.497 e. The van der Waals surface area contributed by atoms with Gasteiger partial charge in [-0.3, -0.25) is 19.4 Å². The maximum atomic E-state index is 13.0. The maximum Gasteiger partial charge on any atom is 0.273 e. The summed E-state index contributed by atoms with van der Waals surface area (Å²) in [6.45, 7) is 0.393. The summed E-state index contributed by atoms with van der Waals surface area (Å²) in [6.07, 6.45) is 2.46. The number of methoxy groups -OCH3 is 1. The second-order valence-electron chi connectivity index (χ2n) is 7.61. The van der Waals surface area contributed by atoms with E-state index in [0.29, 0.717) is 25.1 Å². The van der Waals surface area contributed by atoms with Gasteiger partial charge in [-0.1, -0.05) is 18.2 Å². The average molecular weight is 408 g/mol. The molecule has 2 fully saturated rings. The van der Waals surface area contributed by atoms with Gasteiger partial charge in [0, 0.05) is 12.7 Å². The van der Waals surface area contributed by atoms with E-state index in [1.807, 2.05) is 24.3 Å². The van der Waals surface area contributed by atoms with E-state index in [1.165, 1.54) is 4.90 Å². The molecule has 2 aliphatic rings. The predicted molar refractivity (Wildman–Crippen MR) is 109 cm³/mol. The predicted octanol–water partition coefficient (Wildman–Crippen LogP) is 0.655. The normalized spacial score (nSPS) is 21.5. The van der Waals surface area contributed by atoms with Gasteiger partial charge < -0.3 is 20.3 Å². The smallest absolute Gasteiger partial charge is 0.273 e. The maximum absolute atomic E-state index is 13.0. The van der Waals surface area contributed by atoms with Crippen molar-refractivity contribution < 1.29 is 19.1 Å². The molecule has 8 nitrogen and oxygen atoms in total. The average Bonchev–Trinajstić information content (AvgIpc) is 3.35. The lowest BCUT2D eigenvalue weighted by atomic mass is 10.0. The Hall–Kier alpha value is -3.26. The molecule has 156 valence electrons. The Labute approximate surface area is 174 Å². The van der Waals surface area contributed by atoms with Gasteiger partial charge in [-0.25, -0.2) is 0 Å². The first kappa shape index (κ1) is 20.0. The molecule has 4 rings (SSSR count). The fourth-order valence-electron chi connectivity index (χ4n) is 4.29. The van der Waals surface area contributed by atoms with E-state index in [0.717, 1.165) is 11.3 Å². The zero-order chi connectivity index (χ0) is 21.3. The third kappa shape index (κ3) is 3.66. The number of fused-ring (bicyclic) bond motifs is 1. The molecule has 2 aromatic rings. The number of Topliss-reactive ketones (excluding diaryl/α,β-unsaturated/α-hetero) is 1. The first-order chi connectivity index (χ1) is 14.5. The van der Waals surface area contributed by atoms with E-state index < -0.39 is 12.1 Å². The highest BCUT2D eigenvalue weighted by Crippen LogP contribution is 2.31. The largest absolute Gasteiger partial charge is 0.497 e. The lowest BCUT2D eigenvalue weighted by Gasteiger charge is -2.26. The first-order valence-electron chi connectivity index (χ1n) is 9.93. The van der Waals surface area contributed by atoms with Crippen LogP contribution in [0.4, 0.5) is 0 Å². The Morgan fingerprint density at radius 1 is 1.20 bits per heavy atom. The van der Waals surface area contributed by atoms with Crippen LogP contribution >= 0.6 is 0 Å². The SMILES string of the molecule is COc1ccc(CC(N)C(=O)N2CCC3C2C(=O)CN3C(=O)c2ccccn2)cc1. The van der Waals surface area contributed by atoms with Crippen molar-refractivity contribution in [3.8, 4) is 5.75 Å². The summed E-state index contributed by atoms with van der Waals surface area (Å²) in [6, 6.07) is 10.7. The Morgan fingerprint density at radius 2 is 1.97 bits per heavy atom. The van der Waals surface area contributed by atoms with Crippen LogP contribution in [0.3, 0.4) is 0 Å². The number of hydrogen-bond donors (Lipinski definition) is 1. The number of ether oxygens (including phenoxy) is 1. The number of amides is 2. The van der Waals surface area contributed by atoms with Crippen molar-refractivity contribution in [1.29, 1.82) is 0 Å². The van der Waals surface area contributed by atoms with Gasteiger partial charge in [-0.15, -0.1) is 0 Å². The molecule has 3 atom stereocenters. The number of carbonyl (C=O) groups is 3. The molecule has 0 bridgehead atoms. The summed E-state index contributed by atoms with van der Waals surface area (Å²) in [7, 11) is 1.59. The van der Waals surface area contributed by atoms with E-state index in [1.54, 1.807) is 36.4 Å². The summed E-state index contributed by atoms with van der Waals surface area (Å²) in [4.78, 5) is 45.7. The van der Waals surface area contributed by atoms with E-state index in [9.17, 15) is 14.4 Å². The fraction of sp³-hybridized carbons (Fsp3) is 0.364. The van der Waals surface area contributed by atoms with Crippen LogP contribution in [0.2, 0.25) is 0 Å². The van der Waals surface area contributed by atoms with Gasteiger partial charge in [0.1, 0.15) is 17.5 Å². The summed E-state index contributed by atoms with van der Waals surface area (Å²) in [5, 5.41) is 0. The molecule has 2 N–H and O–H groups in total. The van der Waals surface area contributed by atoms with Crippen LogP contribution in [-0.2, 0) is 16.0 Å². The lowest BCUT2D eigenvalue weighted by Crippen LogP contribution is -2.50. The van der Waals surface area contributed by atoms with E-state index in [4.69, 9.17) is 10.5 Å². The standard InChI is InChI=1S/C22H24N4O4/c1-30-15-7-5-14(6-8-15)12-16(23)21(28)25-11-9-18-20(25)19(27)13-26(18)22(29)17-4-2-3-10-24-17/h2-8,10,16,18,20H,9,11-13,23H2,1H3. The fourth-order valence-corrected chi connectivity index (χ4v) is 4.29. The van der Waals surface area contributed by atoms with Crippen LogP contribution in [0.25, 0.3) is 0 Å². The molecule has 8 heteroatoms. The van der Waals surface area contributed by atoms with Crippen molar-refractivity contribution in [1.82, 2.24) is 14.8 Å². The van der Waals surface area contributed by atoms with Crippen LogP contribution in [-0.4, -0.2) is 70.7 Å². The van der Waals surface area contributed by atoms with Gasteiger partial charge in [0.05, 0.1) is 25.7 Å². The quantitative estimate of drug-likeness (QED) is 0.779. The highest BCUT2D eigenvalue weighted by atomic mass is 16.5. The molecular formula is C22H24N4O4. The number of benzene rings is 1. The Kier molecular flexibility index (Phi) is 5.50. The van der Waals surface area contributed by atoms with Gasteiger partial charge >= 0.3 is 0 Å². The van der Waals surface area contributed by atoms with E-state index in [-0.39, 0.29) is 30.2 Å². The van der Waals surface area contributed by atoms with Crippen LogP contribution in [0, 0.1) is 0 Å².